The summed E-state index contributed by atoms with van der Waals surface area (Å²) >= 11 is 0. The predicted molar refractivity (Wildman–Crippen MR) is 61.5 cm³/mol. The number of carbonyl (C=O) groups is 4. The largest absolute Gasteiger partial charge is 0.461 e. The van der Waals surface area contributed by atoms with Gasteiger partial charge in [-0.1, -0.05) is 0 Å². The zero-order valence-electron chi connectivity index (χ0n) is 11.5. The predicted octanol–water partition coefficient (Wildman–Crippen LogP) is -0.660. The van der Waals surface area contributed by atoms with Gasteiger partial charge in [0.2, 0.25) is 0 Å². The van der Waals surface area contributed by atoms with Crippen molar-refractivity contribution in [2.24, 2.45) is 11.5 Å². The second-order valence-corrected chi connectivity index (χ2v) is 3.32. The number of hydrogen-bond acceptors (Lipinski definition) is 6. The molecular formula is C10H14F4N2O6. The Kier molecular flexibility index (Phi) is 8.75. The van der Waals surface area contributed by atoms with Crippen molar-refractivity contribution in [1.29, 1.82) is 0 Å². The lowest BCUT2D eigenvalue weighted by Crippen LogP contribution is -2.46. The molecule has 0 heterocycles. The molecule has 22 heavy (non-hydrogen) atoms. The van der Waals surface area contributed by atoms with E-state index in [1.807, 2.05) is 0 Å². The molecule has 0 rings (SSSR count). The molecule has 0 bridgehead atoms. The fourth-order valence-electron chi connectivity index (χ4n) is 0.648. The van der Waals surface area contributed by atoms with Crippen LogP contribution in [0.4, 0.5) is 17.6 Å². The summed E-state index contributed by atoms with van der Waals surface area (Å²) in [5, 5.41) is 0. The molecule has 0 saturated carbocycles. The standard InChI is InChI=1S/C7H10F2O4.C3H4F2N2O2/c1-3-12-5(10)7(8,9)6(11)13-4-2;4-3(5,1(6)8)2(7)9/h3-4H2,1-2H3;(H2,6,8)(H2,7,9). The van der Waals surface area contributed by atoms with Crippen molar-refractivity contribution in [2.75, 3.05) is 13.2 Å². The topological polar surface area (TPSA) is 139 Å². The monoisotopic (exact) mass is 334 g/mol. The van der Waals surface area contributed by atoms with Gasteiger partial charge in [-0.2, -0.15) is 17.6 Å². The SMILES string of the molecule is CCOC(=O)C(F)(F)C(=O)OCC.NC(=O)C(F)(F)C(N)=O. The van der Waals surface area contributed by atoms with E-state index in [-0.39, 0.29) is 13.2 Å². The van der Waals surface area contributed by atoms with Crippen molar-refractivity contribution in [1.82, 2.24) is 0 Å². The first-order valence-corrected chi connectivity index (χ1v) is 5.55. The van der Waals surface area contributed by atoms with Gasteiger partial charge in [0.1, 0.15) is 0 Å². The quantitative estimate of drug-likeness (QED) is 0.375. The Morgan fingerprint density at radius 1 is 0.773 bits per heavy atom. The summed E-state index contributed by atoms with van der Waals surface area (Å²) < 4.78 is 56.7. The van der Waals surface area contributed by atoms with Gasteiger partial charge in [-0.3, -0.25) is 9.59 Å². The summed E-state index contributed by atoms with van der Waals surface area (Å²) in [6.07, 6.45) is 0. The second kappa shape index (κ2) is 8.79. The maximum absolute atomic E-state index is 12.6. The van der Waals surface area contributed by atoms with E-state index in [1.54, 1.807) is 0 Å². The smallest absolute Gasteiger partial charge is 0.437 e. The number of amides is 2. The van der Waals surface area contributed by atoms with Crippen LogP contribution in [0.1, 0.15) is 13.8 Å². The summed E-state index contributed by atoms with van der Waals surface area (Å²) in [5.41, 5.74) is 8.16. The van der Waals surface area contributed by atoms with E-state index in [1.165, 1.54) is 13.8 Å². The first-order valence-electron chi connectivity index (χ1n) is 5.55. The van der Waals surface area contributed by atoms with Gasteiger partial charge in [0.05, 0.1) is 13.2 Å². The highest BCUT2D eigenvalue weighted by Gasteiger charge is 2.50. The average Bonchev–Trinajstić information content (AvgIpc) is 2.39. The van der Waals surface area contributed by atoms with E-state index < -0.39 is 35.6 Å². The number of carbonyl (C=O) groups excluding carboxylic acids is 4. The summed E-state index contributed by atoms with van der Waals surface area (Å²) in [4.78, 5) is 40.3. The van der Waals surface area contributed by atoms with E-state index >= 15 is 0 Å². The number of hydrogen-bond donors (Lipinski definition) is 2. The summed E-state index contributed by atoms with van der Waals surface area (Å²) in [5.74, 6) is -16.3. The molecule has 0 fully saturated rings. The van der Waals surface area contributed by atoms with Crippen LogP contribution in [0.2, 0.25) is 0 Å². The molecule has 0 aromatic rings. The van der Waals surface area contributed by atoms with Crippen LogP contribution in [0, 0.1) is 0 Å². The highest BCUT2D eigenvalue weighted by atomic mass is 19.3. The van der Waals surface area contributed by atoms with Crippen molar-refractivity contribution >= 4 is 23.8 Å². The molecule has 0 aromatic carbocycles. The van der Waals surface area contributed by atoms with Crippen molar-refractivity contribution in [3.63, 3.8) is 0 Å². The molecule has 0 unspecified atom stereocenters. The first-order chi connectivity index (χ1) is 9.85. The molecule has 4 N–H and O–H groups in total. The van der Waals surface area contributed by atoms with Crippen LogP contribution in [0.3, 0.4) is 0 Å². The van der Waals surface area contributed by atoms with Gasteiger partial charge >= 0.3 is 23.8 Å². The third-order valence-corrected chi connectivity index (χ3v) is 1.68. The Balaban J connectivity index is 0. The fourth-order valence-corrected chi connectivity index (χ4v) is 0.648. The minimum absolute atomic E-state index is 0.214. The molecule has 0 spiro atoms. The Morgan fingerprint density at radius 2 is 1.05 bits per heavy atom. The van der Waals surface area contributed by atoms with Gasteiger partial charge in [-0.15, -0.1) is 0 Å². The maximum atomic E-state index is 12.6. The van der Waals surface area contributed by atoms with Gasteiger partial charge in [-0.05, 0) is 13.8 Å². The number of rotatable bonds is 6. The van der Waals surface area contributed by atoms with Crippen molar-refractivity contribution < 1.29 is 46.2 Å². The van der Waals surface area contributed by atoms with Gasteiger partial charge < -0.3 is 20.9 Å². The highest BCUT2D eigenvalue weighted by molar-refractivity contribution is 6.05. The van der Waals surface area contributed by atoms with E-state index in [0.717, 1.165) is 0 Å². The molecule has 0 aliphatic heterocycles. The summed E-state index contributed by atoms with van der Waals surface area (Å²) in [6.45, 7) is 2.29. The first kappa shape index (κ1) is 21.9. The minimum Gasteiger partial charge on any atom is -0.461 e. The summed E-state index contributed by atoms with van der Waals surface area (Å²) in [6, 6.07) is 0. The third kappa shape index (κ3) is 6.37. The van der Waals surface area contributed by atoms with Crippen LogP contribution in [0.15, 0.2) is 0 Å². The Morgan fingerprint density at radius 3 is 1.18 bits per heavy atom. The molecule has 0 aromatic heterocycles. The van der Waals surface area contributed by atoms with Crippen molar-refractivity contribution in [3.8, 4) is 0 Å². The molecule has 8 nitrogen and oxygen atoms in total. The highest BCUT2D eigenvalue weighted by Crippen LogP contribution is 2.17. The van der Waals surface area contributed by atoms with Crippen LogP contribution in [-0.4, -0.2) is 48.8 Å². The molecule has 0 aliphatic rings. The van der Waals surface area contributed by atoms with Crippen LogP contribution in [0.5, 0.6) is 0 Å². The fraction of sp³-hybridized carbons (Fsp3) is 0.600. The molecule has 2 amide bonds. The normalized spacial score (nSPS) is 10.8. The molecule has 0 saturated heterocycles. The van der Waals surface area contributed by atoms with Gasteiger partial charge in [0.15, 0.2) is 0 Å². The van der Waals surface area contributed by atoms with E-state index in [4.69, 9.17) is 0 Å². The number of ether oxygens (including phenoxy) is 2. The molecule has 128 valence electrons. The zero-order chi connectivity index (χ0) is 18.1. The number of primary amides is 2. The van der Waals surface area contributed by atoms with Crippen molar-refractivity contribution in [2.45, 2.75) is 25.7 Å². The van der Waals surface area contributed by atoms with Crippen LogP contribution in [-0.2, 0) is 28.7 Å². The molecule has 0 atom stereocenters. The van der Waals surface area contributed by atoms with Gasteiger partial charge in [0.25, 0.3) is 11.8 Å². The number of esters is 2. The van der Waals surface area contributed by atoms with Crippen molar-refractivity contribution in [3.05, 3.63) is 0 Å². The lowest BCUT2D eigenvalue weighted by atomic mass is 10.3. The lowest BCUT2D eigenvalue weighted by molar-refractivity contribution is -0.190. The van der Waals surface area contributed by atoms with Crippen LogP contribution >= 0.6 is 0 Å². The average molecular weight is 334 g/mol. The minimum atomic E-state index is -4.22. The van der Waals surface area contributed by atoms with Crippen LogP contribution in [0.25, 0.3) is 0 Å². The third-order valence-electron chi connectivity index (χ3n) is 1.68. The molecular weight excluding hydrogens is 320 g/mol. The lowest BCUT2D eigenvalue weighted by Gasteiger charge is -2.12. The maximum Gasteiger partial charge on any atom is 0.437 e. The van der Waals surface area contributed by atoms with E-state index in [9.17, 15) is 36.7 Å². The zero-order valence-corrected chi connectivity index (χ0v) is 11.5. The van der Waals surface area contributed by atoms with Gasteiger partial charge in [0, 0.05) is 0 Å². The molecule has 0 radical (unpaired) electrons. The molecule has 0 aliphatic carbocycles. The Hall–Kier alpha value is -2.40. The number of nitrogens with two attached hydrogens (primary N) is 2. The van der Waals surface area contributed by atoms with E-state index in [0.29, 0.717) is 0 Å². The Bertz CT molecular complexity index is 405. The number of alkyl halides is 4. The second-order valence-electron chi connectivity index (χ2n) is 3.32. The van der Waals surface area contributed by atoms with Crippen LogP contribution < -0.4 is 11.5 Å². The number of halogens is 4. The molecule has 12 heteroatoms. The summed E-state index contributed by atoms with van der Waals surface area (Å²) in [7, 11) is 0. The Labute approximate surface area is 121 Å². The van der Waals surface area contributed by atoms with E-state index in [2.05, 4.69) is 20.9 Å². The van der Waals surface area contributed by atoms with Gasteiger partial charge in [-0.25, -0.2) is 9.59 Å².